The molecular formula is C23H31N3O2S2. The maximum Gasteiger partial charge on any atom is 0.252 e. The van der Waals surface area contributed by atoms with Crippen molar-refractivity contribution in [2.45, 2.75) is 55.7 Å². The second-order valence-electron chi connectivity index (χ2n) is 8.30. The van der Waals surface area contributed by atoms with Gasteiger partial charge in [0.25, 0.3) is 5.91 Å². The van der Waals surface area contributed by atoms with Gasteiger partial charge in [-0.15, -0.1) is 11.8 Å². The van der Waals surface area contributed by atoms with E-state index < -0.39 is 0 Å². The van der Waals surface area contributed by atoms with E-state index in [1.807, 2.05) is 49.9 Å². The third-order valence-corrected chi connectivity index (χ3v) is 8.52. The predicted octanol–water partition coefficient (Wildman–Crippen LogP) is 4.68. The van der Waals surface area contributed by atoms with Crippen molar-refractivity contribution >= 4 is 29.4 Å². The molecule has 1 amide bonds. The maximum atomic E-state index is 13.2. The first-order valence-corrected chi connectivity index (χ1v) is 13.0. The molecule has 0 unspecified atom stereocenters. The number of benzene rings is 1. The first-order valence-electron chi connectivity index (χ1n) is 10.8. The largest absolute Gasteiger partial charge is 0.361 e. The molecule has 0 bridgehead atoms. The van der Waals surface area contributed by atoms with E-state index in [0.29, 0.717) is 0 Å². The Kier molecular flexibility index (Phi) is 7.11. The minimum Gasteiger partial charge on any atom is -0.361 e. The van der Waals surface area contributed by atoms with E-state index in [-0.39, 0.29) is 11.4 Å². The molecule has 0 atom stereocenters. The van der Waals surface area contributed by atoms with Crippen LogP contribution in [-0.2, 0) is 5.75 Å². The molecular weight excluding hydrogens is 414 g/mol. The molecule has 4 rings (SSSR count). The lowest BCUT2D eigenvalue weighted by Gasteiger charge is -2.43. The number of carbonyl (C=O) groups excluding carboxylic acids is 1. The molecule has 1 aromatic carbocycles. The van der Waals surface area contributed by atoms with Crippen LogP contribution in [0.1, 0.15) is 53.1 Å². The highest BCUT2D eigenvalue weighted by Gasteiger charge is 2.40. The van der Waals surface area contributed by atoms with Crippen molar-refractivity contribution < 1.29 is 9.32 Å². The van der Waals surface area contributed by atoms with Crippen LogP contribution in [0.25, 0.3) is 0 Å². The van der Waals surface area contributed by atoms with E-state index in [9.17, 15) is 4.79 Å². The summed E-state index contributed by atoms with van der Waals surface area (Å²) in [5, 5.41) is 7.34. The molecule has 0 radical (unpaired) electrons. The van der Waals surface area contributed by atoms with Crippen LogP contribution in [0, 0.1) is 13.8 Å². The van der Waals surface area contributed by atoms with Crippen LogP contribution in [-0.4, -0.2) is 52.6 Å². The van der Waals surface area contributed by atoms with Crippen molar-refractivity contribution in [3.05, 3.63) is 46.8 Å². The molecule has 2 heterocycles. The van der Waals surface area contributed by atoms with E-state index in [1.54, 1.807) is 11.8 Å². The van der Waals surface area contributed by atoms with Crippen LogP contribution in [0.3, 0.4) is 0 Å². The Hall–Kier alpha value is -1.44. The number of thioether (sulfide) groups is 2. The highest BCUT2D eigenvalue weighted by atomic mass is 32.2. The van der Waals surface area contributed by atoms with Gasteiger partial charge in [0.1, 0.15) is 5.76 Å². The Morgan fingerprint density at radius 3 is 2.67 bits per heavy atom. The zero-order valence-corrected chi connectivity index (χ0v) is 19.5. The van der Waals surface area contributed by atoms with Crippen molar-refractivity contribution in [2.24, 2.45) is 0 Å². The van der Waals surface area contributed by atoms with Crippen LogP contribution in [0.2, 0.25) is 0 Å². The summed E-state index contributed by atoms with van der Waals surface area (Å²) < 4.78 is 5.28. The molecule has 2 fully saturated rings. The van der Waals surface area contributed by atoms with Crippen molar-refractivity contribution in [2.75, 3.05) is 31.1 Å². The zero-order valence-electron chi connectivity index (χ0n) is 17.9. The summed E-state index contributed by atoms with van der Waals surface area (Å²) in [6.07, 6.45) is 4.92. The van der Waals surface area contributed by atoms with Crippen LogP contribution < -0.4 is 5.32 Å². The number of nitrogens with one attached hydrogen (secondary N) is 1. The Morgan fingerprint density at radius 1 is 1.23 bits per heavy atom. The zero-order chi connectivity index (χ0) is 21.0. The van der Waals surface area contributed by atoms with Gasteiger partial charge < -0.3 is 9.84 Å². The minimum atomic E-state index is 0.0366. The number of hydrogen-bond acceptors (Lipinski definition) is 6. The van der Waals surface area contributed by atoms with Gasteiger partial charge in [0, 0.05) is 52.9 Å². The smallest absolute Gasteiger partial charge is 0.252 e. The fourth-order valence-corrected chi connectivity index (χ4v) is 6.76. The fraction of sp³-hybridized carbons (Fsp3) is 0.565. The summed E-state index contributed by atoms with van der Waals surface area (Å²) in [4.78, 5) is 16.8. The minimum absolute atomic E-state index is 0.0366. The van der Waals surface area contributed by atoms with E-state index in [1.165, 1.54) is 37.2 Å². The van der Waals surface area contributed by atoms with E-state index in [2.05, 4.69) is 15.4 Å². The molecule has 1 N–H and O–H groups in total. The Bertz CT molecular complexity index is 852. The van der Waals surface area contributed by atoms with Crippen LogP contribution in [0.15, 0.2) is 33.7 Å². The third kappa shape index (κ3) is 4.73. The van der Waals surface area contributed by atoms with Crippen molar-refractivity contribution in [1.82, 2.24) is 15.4 Å². The second-order valence-corrected chi connectivity index (χ2v) is 10.5. The van der Waals surface area contributed by atoms with Gasteiger partial charge in [-0.25, -0.2) is 0 Å². The number of amides is 1. The van der Waals surface area contributed by atoms with Crippen molar-refractivity contribution in [3.8, 4) is 0 Å². The maximum absolute atomic E-state index is 13.2. The molecule has 30 heavy (non-hydrogen) atoms. The number of hydrogen-bond donors (Lipinski definition) is 1. The normalized spacial score (nSPS) is 19.1. The highest BCUT2D eigenvalue weighted by Crippen LogP contribution is 2.36. The number of nitrogens with zero attached hydrogens (tertiary/aromatic N) is 2. The van der Waals surface area contributed by atoms with Crippen molar-refractivity contribution in [1.29, 1.82) is 0 Å². The molecule has 0 spiro atoms. The molecule has 162 valence electrons. The van der Waals surface area contributed by atoms with E-state index >= 15 is 0 Å². The monoisotopic (exact) mass is 445 g/mol. The SMILES string of the molecule is Cc1noc(C)c1CSc1ccccc1C(=O)NCC1(N2CCSCC2)CCCC1. The van der Waals surface area contributed by atoms with Crippen LogP contribution in [0.5, 0.6) is 0 Å². The lowest BCUT2D eigenvalue weighted by molar-refractivity contribution is 0.0815. The van der Waals surface area contributed by atoms with Gasteiger partial charge >= 0.3 is 0 Å². The van der Waals surface area contributed by atoms with Crippen molar-refractivity contribution in [3.63, 3.8) is 0 Å². The molecule has 1 aliphatic carbocycles. The average molecular weight is 446 g/mol. The Morgan fingerprint density at radius 2 is 1.97 bits per heavy atom. The molecule has 1 aromatic heterocycles. The summed E-state index contributed by atoms with van der Waals surface area (Å²) in [6.45, 7) is 6.94. The van der Waals surface area contributed by atoms with E-state index in [0.717, 1.165) is 52.9 Å². The Labute approximate surface area is 187 Å². The highest BCUT2D eigenvalue weighted by molar-refractivity contribution is 7.99. The fourth-order valence-electron chi connectivity index (χ4n) is 4.65. The molecule has 5 nitrogen and oxygen atoms in total. The molecule has 2 aliphatic rings. The molecule has 7 heteroatoms. The molecule has 1 saturated carbocycles. The van der Waals surface area contributed by atoms with Gasteiger partial charge in [0.2, 0.25) is 0 Å². The number of rotatable bonds is 7. The number of carbonyl (C=O) groups is 1. The standard InChI is InChI=1S/C23H31N3O2S2/c1-17-20(18(2)28-25-17)15-30-21-8-4-3-7-19(21)22(27)24-16-23(9-5-6-10-23)26-11-13-29-14-12-26/h3-4,7-8H,5-6,9-16H2,1-2H3,(H,24,27). The average Bonchev–Trinajstić information content (AvgIpc) is 3.39. The predicted molar refractivity (Wildman–Crippen MR) is 124 cm³/mol. The summed E-state index contributed by atoms with van der Waals surface area (Å²) in [6, 6.07) is 7.91. The van der Waals surface area contributed by atoms with Gasteiger partial charge in [-0.05, 0) is 38.8 Å². The topological polar surface area (TPSA) is 58.4 Å². The lowest BCUT2D eigenvalue weighted by Crippen LogP contribution is -2.56. The van der Waals surface area contributed by atoms with Crippen LogP contribution >= 0.6 is 23.5 Å². The van der Waals surface area contributed by atoms with Gasteiger partial charge in [0.15, 0.2) is 0 Å². The summed E-state index contributed by atoms with van der Waals surface area (Å²) in [7, 11) is 0. The second kappa shape index (κ2) is 9.79. The van der Waals surface area contributed by atoms with Gasteiger partial charge in [-0.1, -0.05) is 30.1 Å². The summed E-state index contributed by atoms with van der Waals surface area (Å²) in [5.74, 6) is 4.05. The molecule has 2 aromatic rings. The molecule has 1 saturated heterocycles. The summed E-state index contributed by atoms with van der Waals surface area (Å²) >= 11 is 3.72. The van der Waals surface area contributed by atoms with Gasteiger partial charge in [-0.3, -0.25) is 9.69 Å². The van der Waals surface area contributed by atoms with Gasteiger partial charge in [0.05, 0.1) is 11.3 Å². The van der Waals surface area contributed by atoms with E-state index in [4.69, 9.17) is 4.52 Å². The summed E-state index contributed by atoms with van der Waals surface area (Å²) in [5.41, 5.74) is 2.94. The molecule has 1 aliphatic heterocycles. The lowest BCUT2D eigenvalue weighted by atomic mass is 9.94. The first kappa shape index (κ1) is 21.8. The van der Waals surface area contributed by atoms with Crippen LogP contribution in [0.4, 0.5) is 0 Å². The number of aryl methyl sites for hydroxylation is 2. The first-order chi connectivity index (χ1) is 14.6. The van der Waals surface area contributed by atoms with Gasteiger partial charge in [-0.2, -0.15) is 11.8 Å². The Balaban J connectivity index is 1.43. The third-order valence-electron chi connectivity index (χ3n) is 6.48. The quantitative estimate of drug-likeness (QED) is 0.625. The number of aromatic nitrogens is 1.